The van der Waals surface area contributed by atoms with Gasteiger partial charge in [0, 0.05) is 37.2 Å². The van der Waals surface area contributed by atoms with Gasteiger partial charge in [0.05, 0.1) is 30.7 Å². The molecular weight excluding hydrogens is 430 g/mol. The number of hydrogen-bond donors (Lipinski definition) is 2. The van der Waals surface area contributed by atoms with E-state index in [0.717, 1.165) is 56.8 Å². The van der Waals surface area contributed by atoms with Gasteiger partial charge in [0.25, 0.3) is 5.91 Å². The summed E-state index contributed by atoms with van der Waals surface area (Å²) in [5.74, 6) is -0.103. The molecule has 0 spiro atoms. The van der Waals surface area contributed by atoms with E-state index in [-0.39, 0.29) is 23.7 Å². The highest BCUT2D eigenvalue weighted by Gasteiger charge is 2.26. The molecule has 178 valence electrons. The number of hydrogen-bond acceptors (Lipinski definition) is 6. The lowest BCUT2D eigenvalue weighted by Crippen LogP contribution is -2.37. The summed E-state index contributed by atoms with van der Waals surface area (Å²) in [4.78, 5) is 28.2. The SMILES string of the molecule is Cc1ccc(C(=O)NC2CC2)cc1-n1ncc(C(=O)C2C=C(CN3CCOCC3)C=CC2)c1N. The van der Waals surface area contributed by atoms with E-state index in [1.807, 2.05) is 13.0 Å². The number of amides is 1. The Morgan fingerprint density at radius 2 is 2.03 bits per heavy atom. The molecular formula is C26H31N5O3. The van der Waals surface area contributed by atoms with Gasteiger partial charge < -0.3 is 15.8 Å². The summed E-state index contributed by atoms with van der Waals surface area (Å²) in [6.45, 7) is 6.05. The average Bonchev–Trinajstić information content (AvgIpc) is 3.59. The van der Waals surface area contributed by atoms with Gasteiger partial charge in [0.1, 0.15) is 5.82 Å². The second-order valence-corrected chi connectivity index (χ2v) is 9.34. The van der Waals surface area contributed by atoms with Gasteiger partial charge in [-0.15, -0.1) is 0 Å². The number of ketones is 1. The van der Waals surface area contributed by atoms with Crippen molar-refractivity contribution >= 4 is 17.5 Å². The van der Waals surface area contributed by atoms with Crippen LogP contribution in [0.25, 0.3) is 5.69 Å². The Morgan fingerprint density at radius 1 is 1.24 bits per heavy atom. The molecule has 1 saturated carbocycles. The summed E-state index contributed by atoms with van der Waals surface area (Å²) < 4.78 is 6.99. The third kappa shape index (κ3) is 4.83. The molecule has 5 rings (SSSR count). The number of Topliss-reactive ketones (excluding diaryl/α,β-unsaturated/α-hetero) is 1. The molecule has 1 aliphatic heterocycles. The minimum absolute atomic E-state index is 0.0344. The van der Waals surface area contributed by atoms with Crippen LogP contribution in [0.15, 0.2) is 48.2 Å². The van der Waals surface area contributed by atoms with Gasteiger partial charge >= 0.3 is 0 Å². The zero-order valence-electron chi connectivity index (χ0n) is 19.5. The number of carbonyl (C=O) groups excluding carboxylic acids is 2. The molecule has 1 atom stereocenters. The zero-order valence-corrected chi connectivity index (χ0v) is 19.5. The third-order valence-electron chi connectivity index (χ3n) is 6.67. The molecule has 1 aromatic heterocycles. The Balaban J connectivity index is 1.35. The van der Waals surface area contributed by atoms with E-state index in [0.29, 0.717) is 29.1 Å². The van der Waals surface area contributed by atoms with Crippen molar-refractivity contribution in [2.24, 2.45) is 5.92 Å². The number of allylic oxidation sites excluding steroid dienone is 2. The molecule has 1 aromatic carbocycles. The first-order chi connectivity index (χ1) is 16.5. The summed E-state index contributed by atoms with van der Waals surface area (Å²) in [7, 11) is 0. The van der Waals surface area contributed by atoms with E-state index < -0.39 is 0 Å². The second-order valence-electron chi connectivity index (χ2n) is 9.34. The van der Waals surface area contributed by atoms with Crippen molar-refractivity contribution in [1.29, 1.82) is 0 Å². The molecule has 0 radical (unpaired) electrons. The third-order valence-corrected chi connectivity index (χ3v) is 6.67. The molecule has 1 unspecified atom stereocenters. The van der Waals surface area contributed by atoms with Gasteiger partial charge in [-0.1, -0.05) is 24.3 Å². The number of rotatable bonds is 7. The fraction of sp³-hybridized carbons (Fsp3) is 0.423. The van der Waals surface area contributed by atoms with Crippen molar-refractivity contribution in [3.8, 4) is 5.69 Å². The van der Waals surface area contributed by atoms with E-state index in [2.05, 4.69) is 33.5 Å². The maximum Gasteiger partial charge on any atom is 0.251 e. The summed E-state index contributed by atoms with van der Waals surface area (Å²) in [5, 5.41) is 7.43. The Morgan fingerprint density at radius 3 is 2.79 bits per heavy atom. The first-order valence-electron chi connectivity index (χ1n) is 12.0. The summed E-state index contributed by atoms with van der Waals surface area (Å²) in [5.41, 5.74) is 10.2. The van der Waals surface area contributed by atoms with Crippen LogP contribution < -0.4 is 11.1 Å². The van der Waals surface area contributed by atoms with E-state index in [4.69, 9.17) is 10.5 Å². The van der Waals surface area contributed by atoms with E-state index in [1.165, 1.54) is 0 Å². The van der Waals surface area contributed by atoms with Gasteiger partial charge in [-0.05, 0) is 49.5 Å². The monoisotopic (exact) mass is 461 g/mol. The predicted octanol–water partition coefficient (Wildman–Crippen LogP) is 2.67. The molecule has 3 aliphatic rings. The molecule has 34 heavy (non-hydrogen) atoms. The molecule has 1 saturated heterocycles. The van der Waals surface area contributed by atoms with Crippen LogP contribution in [0, 0.1) is 12.8 Å². The number of morpholine rings is 1. The van der Waals surface area contributed by atoms with Crippen molar-refractivity contribution in [3.05, 3.63) is 64.9 Å². The largest absolute Gasteiger partial charge is 0.383 e. The van der Waals surface area contributed by atoms with Crippen molar-refractivity contribution in [3.63, 3.8) is 0 Å². The minimum Gasteiger partial charge on any atom is -0.383 e. The number of nitrogens with two attached hydrogens (primary N) is 1. The Kier molecular flexibility index (Phi) is 6.34. The molecule has 2 aromatic rings. The first-order valence-corrected chi connectivity index (χ1v) is 12.0. The van der Waals surface area contributed by atoms with Crippen LogP contribution in [0.5, 0.6) is 0 Å². The van der Waals surface area contributed by atoms with Gasteiger partial charge in [0.2, 0.25) is 0 Å². The number of nitrogens with one attached hydrogen (secondary N) is 1. The van der Waals surface area contributed by atoms with Crippen LogP contribution in [-0.4, -0.2) is 65.3 Å². The fourth-order valence-corrected chi connectivity index (χ4v) is 4.47. The first kappa shape index (κ1) is 22.6. The second kappa shape index (κ2) is 9.56. The summed E-state index contributed by atoms with van der Waals surface area (Å²) in [6, 6.07) is 5.75. The van der Waals surface area contributed by atoms with Crippen LogP contribution in [0.2, 0.25) is 0 Å². The molecule has 2 aliphatic carbocycles. The van der Waals surface area contributed by atoms with E-state index >= 15 is 0 Å². The smallest absolute Gasteiger partial charge is 0.251 e. The molecule has 1 amide bonds. The van der Waals surface area contributed by atoms with Crippen LogP contribution in [0.4, 0.5) is 5.82 Å². The van der Waals surface area contributed by atoms with Crippen LogP contribution in [0.3, 0.4) is 0 Å². The number of nitrogens with zero attached hydrogens (tertiary/aromatic N) is 3. The van der Waals surface area contributed by atoms with Gasteiger partial charge in [-0.2, -0.15) is 5.10 Å². The maximum absolute atomic E-state index is 13.4. The van der Waals surface area contributed by atoms with Crippen molar-refractivity contribution < 1.29 is 14.3 Å². The quantitative estimate of drug-likeness (QED) is 0.615. The van der Waals surface area contributed by atoms with Gasteiger partial charge in [-0.25, -0.2) is 4.68 Å². The number of nitrogen functional groups attached to an aromatic ring is 1. The number of aryl methyl sites for hydroxylation is 1. The van der Waals surface area contributed by atoms with Gasteiger partial charge in [0.15, 0.2) is 5.78 Å². The summed E-state index contributed by atoms with van der Waals surface area (Å²) in [6.07, 6.45) is 10.5. The van der Waals surface area contributed by atoms with Crippen molar-refractivity contribution in [2.75, 3.05) is 38.6 Å². The molecule has 0 bridgehead atoms. The van der Waals surface area contributed by atoms with Crippen molar-refractivity contribution in [2.45, 2.75) is 32.2 Å². The molecule has 8 nitrogen and oxygen atoms in total. The standard InChI is InChI=1S/C26H31N5O3/c1-17-5-6-20(26(33)29-21-7-8-21)14-23(17)31-25(27)22(15-28-31)24(32)19-4-2-3-18(13-19)16-30-9-11-34-12-10-30/h2-3,5-6,13-15,19,21H,4,7-12,16,27H2,1H3,(H,29,33). The molecule has 2 fully saturated rings. The van der Waals surface area contributed by atoms with Crippen LogP contribution in [0.1, 0.15) is 45.5 Å². The number of aromatic nitrogens is 2. The molecule has 8 heteroatoms. The Bertz CT molecular complexity index is 1160. The van der Waals surface area contributed by atoms with Gasteiger partial charge in [-0.3, -0.25) is 14.5 Å². The maximum atomic E-state index is 13.4. The number of carbonyl (C=O) groups is 2. The van der Waals surface area contributed by atoms with Crippen LogP contribution >= 0.6 is 0 Å². The highest BCUT2D eigenvalue weighted by atomic mass is 16.5. The van der Waals surface area contributed by atoms with Crippen LogP contribution in [-0.2, 0) is 4.74 Å². The Hall–Kier alpha value is -3.23. The van der Waals surface area contributed by atoms with E-state index in [1.54, 1.807) is 23.0 Å². The Labute approximate surface area is 199 Å². The lowest BCUT2D eigenvalue weighted by atomic mass is 9.89. The number of benzene rings is 1. The fourth-order valence-electron chi connectivity index (χ4n) is 4.47. The van der Waals surface area contributed by atoms with Crippen molar-refractivity contribution in [1.82, 2.24) is 20.0 Å². The normalized spacial score (nSPS) is 20.7. The molecule has 3 N–H and O–H groups in total. The summed E-state index contributed by atoms with van der Waals surface area (Å²) >= 11 is 0. The highest BCUT2D eigenvalue weighted by Crippen LogP contribution is 2.27. The average molecular weight is 462 g/mol. The minimum atomic E-state index is -0.266. The predicted molar refractivity (Wildman–Crippen MR) is 130 cm³/mol. The lowest BCUT2D eigenvalue weighted by Gasteiger charge is -2.28. The lowest BCUT2D eigenvalue weighted by molar-refractivity contribution is 0.0425. The topological polar surface area (TPSA) is 102 Å². The zero-order chi connectivity index (χ0) is 23.7. The molecule has 2 heterocycles. The highest BCUT2D eigenvalue weighted by molar-refractivity contribution is 6.03. The van der Waals surface area contributed by atoms with E-state index in [9.17, 15) is 9.59 Å². The number of ether oxygens (including phenoxy) is 1. The number of anilines is 1.